The molecule has 6 nitrogen and oxygen atoms in total. The summed E-state index contributed by atoms with van der Waals surface area (Å²) < 4.78 is 11.3. The van der Waals surface area contributed by atoms with Gasteiger partial charge in [0.25, 0.3) is 5.91 Å². The first-order chi connectivity index (χ1) is 13.5. The van der Waals surface area contributed by atoms with Gasteiger partial charge in [0, 0.05) is 14.2 Å². The molecule has 1 aromatic heterocycles. The number of thiazole rings is 1. The highest BCUT2D eigenvalue weighted by Crippen LogP contribution is 2.28. The second-order valence-electron chi connectivity index (χ2n) is 6.41. The Morgan fingerprint density at radius 1 is 1.18 bits per heavy atom. The van der Waals surface area contributed by atoms with Gasteiger partial charge >= 0.3 is 5.97 Å². The molecule has 3 aromatic rings. The van der Waals surface area contributed by atoms with Crippen LogP contribution in [0.25, 0.3) is 10.2 Å². The van der Waals surface area contributed by atoms with Crippen LogP contribution in [0.5, 0.6) is 0 Å². The summed E-state index contributed by atoms with van der Waals surface area (Å²) in [5.74, 6) is -0.819. The summed E-state index contributed by atoms with van der Waals surface area (Å²) in [6.07, 6.45) is 0. The maximum atomic E-state index is 12.5. The lowest BCUT2D eigenvalue weighted by atomic mass is 10.1. The minimum atomic E-state index is -0.535. The van der Waals surface area contributed by atoms with Gasteiger partial charge in [-0.05, 0) is 36.8 Å². The normalized spacial score (nSPS) is 12.0. The van der Waals surface area contributed by atoms with E-state index in [-0.39, 0.29) is 18.6 Å². The number of methoxy groups -OCH3 is 1. The second-order valence-corrected chi connectivity index (χ2v) is 7.47. The van der Waals surface area contributed by atoms with E-state index in [1.54, 1.807) is 48.6 Å². The predicted octanol–water partition coefficient (Wildman–Crippen LogP) is 3.82. The highest BCUT2D eigenvalue weighted by Gasteiger charge is 2.22. The molecule has 0 aliphatic carbocycles. The Balaban J connectivity index is 1.60. The minimum Gasteiger partial charge on any atom is -0.452 e. The van der Waals surface area contributed by atoms with Crippen molar-refractivity contribution in [3.8, 4) is 0 Å². The molecular weight excluding hydrogens is 376 g/mol. The maximum Gasteiger partial charge on any atom is 0.338 e. The number of likely N-dealkylation sites (N-methyl/N-ethyl adjacent to an activating group) is 1. The van der Waals surface area contributed by atoms with Crippen LogP contribution in [0.1, 0.15) is 33.9 Å². The van der Waals surface area contributed by atoms with E-state index in [2.05, 4.69) is 4.98 Å². The van der Waals surface area contributed by atoms with Gasteiger partial charge in [-0.15, -0.1) is 11.3 Å². The fraction of sp³-hybridized carbons (Fsp3) is 0.286. The van der Waals surface area contributed by atoms with E-state index in [0.29, 0.717) is 12.2 Å². The third-order valence-electron chi connectivity index (χ3n) is 4.44. The van der Waals surface area contributed by atoms with E-state index in [1.807, 2.05) is 37.3 Å². The first-order valence-electron chi connectivity index (χ1n) is 8.85. The van der Waals surface area contributed by atoms with Gasteiger partial charge in [0.15, 0.2) is 6.61 Å². The van der Waals surface area contributed by atoms with Crippen LogP contribution in [0.4, 0.5) is 0 Å². The lowest BCUT2D eigenvalue weighted by Gasteiger charge is -2.23. The quantitative estimate of drug-likeness (QED) is 0.566. The van der Waals surface area contributed by atoms with Gasteiger partial charge in [-0.1, -0.05) is 24.3 Å². The van der Waals surface area contributed by atoms with Crippen LogP contribution in [0, 0.1) is 0 Å². The van der Waals surface area contributed by atoms with E-state index < -0.39 is 5.97 Å². The molecule has 146 valence electrons. The Morgan fingerprint density at radius 2 is 1.96 bits per heavy atom. The number of hydrogen-bond acceptors (Lipinski definition) is 6. The van der Waals surface area contributed by atoms with Crippen molar-refractivity contribution >= 4 is 33.4 Å². The van der Waals surface area contributed by atoms with Crippen LogP contribution < -0.4 is 0 Å². The standard InChI is InChI=1S/C21H22N2O4S/c1-14(20-22-17-9-4-5-10-18(17)28-20)23(2)19(24)13-27-21(25)16-8-6-7-15(11-16)12-26-3/h4-11,14H,12-13H2,1-3H3/t14-/m0/s1. The zero-order valence-corrected chi connectivity index (χ0v) is 16.9. The van der Waals surface area contributed by atoms with Crippen molar-refractivity contribution in [3.63, 3.8) is 0 Å². The molecular formula is C21H22N2O4S. The number of aromatic nitrogens is 1. The molecule has 0 fully saturated rings. The first kappa shape index (κ1) is 20.0. The molecule has 0 aliphatic heterocycles. The Labute approximate surface area is 167 Å². The molecule has 0 unspecified atom stereocenters. The van der Waals surface area contributed by atoms with Crippen molar-refractivity contribution in [2.75, 3.05) is 20.8 Å². The molecule has 7 heteroatoms. The van der Waals surface area contributed by atoms with Gasteiger partial charge < -0.3 is 14.4 Å². The average Bonchev–Trinajstić information content (AvgIpc) is 3.15. The summed E-state index contributed by atoms with van der Waals surface area (Å²) in [4.78, 5) is 30.9. The number of hydrogen-bond donors (Lipinski definition) is 0. The van der Waals surface area contributed by atoms with Gasteiger partial charge in [0.2, 0.25) is 0 Å². The smallest absolute Gasteiger partial charge is 0.338 e. The SMILES string of the molecule is COCc1cccc(C(=O)OCC(=O)N(C)[C@@H](C)c2nc3ccccc3s2)c1. The van der Waals surface area contributed by atoms with Crippen LogP contribution in [0.2, 0.25) is 0 Å². The molecule has 1 amide bonds. The first-order valence-corrected chi connectivity index (χ1v) is 9.67. The Morgan fingerprint density at radius 3 is 2.71 bits per heavy atom. The van der Waals surface area contributed by atoms with Crippen LogP contribution in [-0.2, 0) is 20.9 Å². The number of carbonyl (C=O) groups excluding carboxylic acids is 2. The second kappa shape index (κ2) is 8.95. The monoisotopic (exact) mass is 398 g/mol. The van der Waals surface area contributed by atoms with Gasteiger partial charge in [-0.2, -0.15) is 0 Å². The predicted molar refractivity (Wildman–Crippen MR) is 108 cm³/mol. The molecule has 0 saturated carbocycles. The Bertz CT molecular complexity index is 952. The molecule has 0 radical (unpaired) electrons. The van der Waals surface area contributed by atoms with Crippen molar-refractivity contribution < 1.29 is 19.1 Å². The number of esters is 1. The third kappa shape index (κ3) is 4.55. The molecule has 2 aromatic carbocycles. The maximum absolute atomic E-state index is 12.5. The van der Waals surface area contributed by atoms with Gasteiger partial charge in [-0.25, -0.2) is 9.78 Å². The average molecular weight is 398 g/mol. The minimum absolute atomic E-state index is 0.214. The number of benzene rings is 2. The Kier molecular flexibility index (Phi) is 6.38. The summed E-state index contributed by atoms with van der Waals surface area (Å²) in [5, 5.41) is 0.843. The molecule has 0 aliphatic rings. The van der Waals surface area contributed by atoms with E-state index in [0.717, 1.165) is 20.8 Å². The fourth-order valence-electron chi connectivity index (χ4n) is 2.72. The molecule has 0 saturated heterocycles. The zero-order valence-electron chi connectivity index (χ0n) is 16.0. The third-order valence-corrected chi connectivity index (χ3v) is 5.65. The van der Waals surface area contributed by atoms with Crippen LogP contribution in [0.15, 0.2) is 48.5 Å². The van der Waals surface area contributed by atoms with Crippen molar-refractivity contribution in [2.45, 2.75) is 19.6 Å². The molecule has 0 N–H and O–H groups in total. The van der Waals surface area contributed by atoms with E-state index in [1.165, 1.54) is 0 Å². The molecule has 0 spiro atoms. The van der Waals surface area contributed by atoms with Gasteiger partial charge in [-0.3, -0.25) is 4.79 Å². The number of carbonyl (C=O) groups is 2. The zero-order chi connectivity index (χ0) is 20.1. The fourth-order valence-corrected chi connectivity index (χ4v) is 3.78. The number of rotatable bonds is 7. The van der Waals surface area contributed by atoms with Crippen molar-refractivity contribution in [1.82, 2.24) is 9.88 Å². The summed E-state index contributed by atoms with van der Waals surface area (Å²) in [5.41, 5.74) is 2.17. The molecule has 28 heavy (non-hydrogen) atoms. The summed E-state index contributed by atoms with van der Waals surface area (Å²) in [7, 11) is 3.28. The number of amides is 1. The van der Waals surface area contributed by atoms with Crippen molar-refractivity contribution in [2.24, 2.45) is 0 Å². The van der Waals surface area contributed by atoms with Crippen LogP contribution >= 0.6 is 11.3 Å². The number of ether oxygens (including phenoxy) is 2. The number of para-hydroxylation sites is 1. The van der Waals surface area contributed by atoms with Crippen LogP contribution in [0.3, 0.4) is 0 Å². The summed E-state index contributed by atoms with van der Waals surface area (Å²) >= 11 is 1.55. The topological polar surface area (TPSA) is 68.7 Å². The molecule has 0 bridgehead atoms. The highest BCUT2D eigenvalue weighted by molar-refractivity contribution is 7.18. The van der Waals surface area contributed by atoms with Crippen molar-refractivity contribution in [3.05, 3.63) is 64.7 Å². The molecule has 3 rings (SSSR count). The summed E-state index contributed by atoms with van der Waals surface area (Å²) in [6, 6.07) is 14.6. The van der Waals surface area contributed by atoms with Gasteiger partial charge in [0.05, 0.1) is 28.4 Å². The molecule has 1 heterocycles. The van der Waals surface area contributed by atoms with E-state index >= 15 is 0 Å². The highest BCUT2D eigenvalue weighted by atomic mass is 32.1. The lowest BCUT2D eigenvalue weighted by Crippen LogP contribution is -2.33. The van der Waals surface area contributed by atoms with E-state index in [9.17, 15) is 9.59 Å². The summed E-state index contributed by atoms with van der Waals surface area (Å²) in [6.45, 7) is 1.99. The number of fused-ring (bicyclic) bond motifs is 1. The lowest BCUT2D eigenvalue weighted by molar-refractivity contribution is -0.135. The molecule has 1 atom stereocenters. The van der Waals surface area contributed by atoms with Crippen LogP contribution in [-0.4, -0.2) is 42.5 Å². The van der Waals surface area contributed by atoms with E-state index in [4.69, 9.17) is 9.47 Å². The largest absolute Gasteiger partial charge is 0.452 e. The van der Waals surface area contributed by atoms with Crippen molar-refractivity contribution in [1.29, 1.82) is 0 Å². The number of nitrogens with zero attached hydrogens (tertiary/aromatic N) is 2. The van der Waals surface area contributed by atoms with Gasteiger partial charge in [0.1, 0.15) is 5.01 Å². The Hall–Kier alpha value is -2.77.